The third-order valence-corrected chi connectivity index (χ3v) is 8.75. The summed E-state index contributed by atoms with van der Waals surface area (Å²) in [4.78, 5) is 27.2. The molecule has 0 aliphatic rings. The van der Waals surface area contributed by atoms with Crippen LogP contribution in [0.4, 0.5) is 0 Å². The van der Waals surface area contributed by atoms with Gasteiger partial charge in [-0.25, -0.2) is 9.59 Å². The minimum Gasteiger partial charge on any atom is -0.465 e. The highest BCUT2D eigenvalue weighted by molar-refractivity contribution is 6.17. The summed E-state index contributed by atoms with van der Waals surface area (Å²) in [5, 5.41) is 3.95. The number of fused-ring (bicyclic) bond motifs is 6. The molecule has 0 unspecified atom stereocenters. The van der Waals surface area contributed by atoms with E-state index in [-0.39, 0.29) is 0 Å². The molecule has 0 spiro atoms. The summed E-state index contributed by atoms with van der Waals surface area (Å²) in [5.74, 6) is -0.992. The van der Waals surface area contributed by atoms with E-state index in [9.17, 15) is 9.59 Å². The van der Waals surface area contributed by atoms with Gasteiger partial charge in [0.1, 0.15) is 0 Å². The van der Waals surface area contributed by atoms with Crippen molar-refractivity contribution in [2.24, 2.45) is 0 Å². The smallest absolute Gasteiger partial charge is 0.338 e. The number of hydrogen-bond donors (Lipinski definition) is 0. The molecule has 2 heterocycles. The van der Waals surface area contributed by atoms with Crippen molar-refractivity contribution in [2.75, 3.05) is 14.2 Å². The number of ether oxygens (including phenoxy) is 2. The zero-order valence-electron chi connectivity index (χ0n) is 25.2. The summed E-state index contributed by atoms with van der Waals surface area (Å²) < 4.78 is 15.0. The fourth-order valence-corrected chi connectivity index (χ4v) is 6.74. The topological polar surface area (TPSA) is 62.5 Å². The molecule has 0 N–H and O–H groups in total. The Morgan fingerprint density at radius 1 is 0.435 bits per heavy atom. The molecule has 0 bridgehead atoms. The predicted molar refractivity (Wildman–Crippen MR) is 183 cm³/mol. The van der Waals surface area contributed by atoms with E-state index in [1.54, 1.807) is 0 Å². The number of carbonyl (C=O) groups is 2. The summed E-state index contributed by atoms with van der Waals surface area (Å²) >= 11 is 0. The van der Waals surface area contributed by atoms with Crippen LogP contribution in [0, 0.1) is 0 Å². The van der Waals surface area contributed by atoms with Crippen LogP contribution in [0.15, 0.2) is 133 Å². The number of nitrogens with zero attached hydrogens (tertiary/aromatic N) is 2. The maximum atomic E-state index is 13.6. The van der Waals surface area contributed by atoms with Crippen LogP contribution in [0.3, 0.4) is 0 Å². The lowest BCUT2D eigenvalue weighted by Crippen LogP contribution is -2.08. The number of hydrogen-bond acceptors (Lipinski definition) is 4. The second-order valence-corrected chi connectivity index (χ2v) is 11.2. The van der Waals surface area contributed by atoms with Crippen LogP contribution in [-0.4, -0.2) is 35.3 Å². The van der Waals surface area contributed by atoms with Crippen molar-refractivity contribution >= 4 is 55.6 Å². The van der Waals surface area contributed by atoms with Crippen molar-refractivity contribution in [1.29, 1.82) is 0 Å². The number of para-hydroxylation sites is 4. The summed E-state index contributed by atoms with van der Waals surface area (Å²) in [5.41, 5.74) is 7.57. The zero-order chi connectivity index (χ0) is 31.4. The highest BCUT2D eigenvalue weighted by Crippen LogP contribution is 2.41. The molecule has 0 saturated carbocycles. The Morgan fingerprint density at radius 2 is 0.804 bits per heavy atom. The van der Waals surface area contributed by atoms with Gasteiger partial charge in [0.05, 0.1) is 47.4 Å². The minimum absolute atomic E-state index is 0.353. The van der Waals surface area contributed by atoms with E-state index < -0.39 is 11.9 Å². The van der Waals surface area contributed by atoms with E-state index in [2.05, 4.69) is 33.4 Å². The molecule has 6 heteroatoms. The average Bonchev–Trinajstić information content (AvgIpc) is 3.62. The van der Waals surface area contributed by atoms with E-state index in [1.807, 2.05) is 109 Å². The van der Waals surface area contributed by atoms with Gasteiger partial charge in [0, 0.05) is 32.9 Å². The monoisotopic (exact) mass is 600 g/mol. The Bertz CT molecular complexity index is 2300. The van der Waals surface area contributed by atoms with Crippen LogP contribution in [0.2, 0.25) is 0 Å². The van der Waals surface area contributed by atoms with E-state index in [0.717, 1.165) is 55.0 Å². The fraction of sp³-hybridized carbons (Fsp3) is 0.0500. The molecule has 0 saturated heterocycles. The lowest BCUT2D eigenvalue weighted by molar-refractivity contribution is 0.0590. The number of aromatic nitrogens is 2. The molecule has 0 radical (unpaired) electrons. The summed E-state index contributed by atoms with van der Waals surface area (Å²) in [6.07, 6.45) is 0. The standard InChI is InChI=1S/C40H28N2O4/c1-45-39(43)33-23-37-31(27-17-9-11-19-35(27)41(37)25-13-5-3-6-14-25)21-29(33)30-22-32-28-18-10-12-20-36(28)42(26-15-7-4-8-16-26)38(32)24-34(30)40(44)46-2/h3-24H,1-2H3. The first kappa shape index (κ1) is 27.4. The zero-order valence-corrected chi connectivity index (χ0v) is 25.2. The number of methoxy groups -OCH3 is 2. The first-order valence-electron chi connectivity index (χ1n) is 15.0. The maximum Gasteiger partial charge on any atom is 0.338 e. The molecule has 8 aromatic rings. The first-order chi connectivity index (χ1) is 22.6. The Kier molecular flexibility index (Phi) is 6.43. The number of benzene rings is 6. The van der Waals surface area contributed by atoms with Gasteiger partial charge in [-0.1, -0.05) is 72.8 Å². The van der Waals surface area contributed by atoms with E-state index in [4.69, 9.17) is 9.47 Å². The average molecular weight is 601 g/mol. The van der Waals surface area contributed by atoms with Crippen LogP contribution in [0.5, 0.6) is 0 Å². The van der Waals surface area contributed by atoms with Gasteiger partial charge >= 0.3 is 11.9 Å². The van der Waals surface area contributed by atoms with Crippen molar-refractivity contribution in [2.45, 2.75) is 0 Å². The molecule has 0 aliphatic carbocycles. The van der Waals surface area contributed by atoms with Gasteiger partial charge in [0.15, 0.2) is 0 Å². The van der Waals surface area contributed by atoms with E-state index >= 15 is 0 Å². The third kappa shape index (κ3) is 4.11. The number of carbonyl (C=O) groups excluding carboxylic acids is 2. The number of esters is 2. The Labute approximate surface area is 264 Å². The molecule has 0 atom stereocenters. The van der Waals surface area contributed by atoms with Crippen LogP contribution < -0.4 is 0 Å². The molecule has 222 valence electrons. The second-order valence-electron chi connectivity index (χ2n) is 11.2. The highest BCUT2D eigenvalue weighted by Gasteiger charge is 2.25. The molecule has 6 aromatic carbocycles. The largest absolute Gasteiger partial charge is 0.465 e. The van der Waals surface area contributed by atoms with Crippen LogP contribution in [-0.2, 0) is 9.47 Å². The van der Waals surface area contributed by atoms with Crippen molar-refractivity contribution in [1.82, 2.24) is 9.13 Å². The van der Waals surface area contributed by atoms with Gasteiger partial charge in [-0.3, -0.25) is 0 Å². The lowest BCUT2D eigenvalue weighted by atomic mass is 9.92. The van der Waals surface area contributed by atoms with Gasteiger partial charge in [0.25, 0.3) is 0 Å². The second kappa shape index (κ2) is 10.8. The van der Waals surface area contributed by atoms with Crippen molar-refractivity contribution < 1.29 is 19.1 Å². The Hall–Kier alpha value is -6.14. The third-order valence-electron chi connectivity index (χ3n) is 8.75. The van der Waals surface area contributed by atoms with Crippen LogP contribution in [0.1, 0.15) is 20.7 Å². The fourth-order valence-electron chi connectivity index (χ4n) is 6.74. The molecule has 0 fully saturated rings. The van der Waals surface area contributed by atoms with E-state index in [1.165, 1.54) is 14.2 Å². The van der Waals surface area contributed by atoms with Gasteiger partial charge < -0.3 is 18.6 Å². The Balaban J connectivity index is 1.51. The van der Waals surface area contributed by atoms with Crippen molar-refractivity contribution in [3.05, 3.63) is 145 Å². The van der Waals surface area contributed by atoms with Gasteiger partial charge in [-0.15, -0.1) is 0 Å². The van der Waals surface area contributed by atoms with Gasteiger partial charge in [-0.2, -0.15) is 0 Å². The molecule has 0 amide bonds. The van der Waals surface area contributed by atoms with Crippen LogP contribution >= 0.6 is 0 Å². The lowest BCUT2D eigenvalue weighted by Gasteiger charge is -2.15. The molecular formula is C40H28N2O4. The van der Waals surface area contributed by atoms with Crippen molar-refractivity contribution in [3.63, 3.8) is 0 Å². The summed E-state index contributed by atoms with van der Waals surface area (Å²) in [6, 6.07) is 44.2. The predicted octanol–water partition coefficient (Wildman–Crippen LogP) is 9.12. The van der Waals surface area contributed by atoms with Crippen molar-refractivity contribution in [3.8, 4) is 22.5 Å². The molecule has 8 rings (SSSR count). The normalized spacial score (nSPS) is 11.4. The summed E-state index contributed by atoms with van der Waals surface area (Å²) in [7, 11) is 2.75. The molecule has 2 aromatic heterocycles. The molecule has 0 aliphatic heterocycles. The minimum atomic E-state index is -0.496. The summed E-state index contributed by atoms with van der Waals surface area (Å²) in [6.45, 7) is 0. The van der Waals surface area contributed by atoms with Gasteiger partial charge in [0.2, 0.25) is 0 Å². The number of rotatable bonds is 5. The molecular weight excluding hydrogens is 572 g/mol. The molecule has 6 nitrogen and oxygen atoms in total. The quantitative estimate of drug-likeness (QED) is 0.185. The SMILES string of the molecule is COC(=O)c1cc2c(cc1-c1cc3c4ccccc4n(-c4ccccc4)c3cc1C(=O)OC)c1ccccc1n2-c1ccccc1. The Morgan fingerprint density at radius 3 is 1.20 bits per heavy atom. The van der Waals surface area contributed by atoms with Gasteiger partial charge in [-0.05, 0) is 71.8 Å². The van der Waals surface area contributed by atoms with E-state index in [0.29, 0.717) is 22.3 Å². The molecule has 46 heavy (non-hydrogen) atoms. The first-order valence-corrected chi connectivity index (χ1v) is 15.0. The maximum absolute atomic E-state index is 13.6. The van der Waals surface area contributed by atoms with Crippen LogP contribution in [0.25, 0.3) is 66.1 Å². The highest BCUT2D eigenvalue weighted by atomic mass is 16.5.